The third-order valence-electron chi connectivity index (χ3n) is 6.74. The zero-order valence-electron chi connectivity index (χ0n) is 24.1. The summed E-state index contributed by atoms with van der Waals surface area (Å²) in [6.07, 6.45) is 4.42. The van der Waals surface area contributed by atoms with Crippen LogP contribution in [0.25, 0.3) is 11.3 Å². The van der Waals surface area contributed by atoms with E-state index >= 15 is 0 Å². The van der Waals surface area contributed by atoms with Crippen LogP contribution < -0.4 is 19.1 Å². The van der Waals surface area contributed by atoms with E-state index in [2.05, 4.69) is 33.6 Å². The first-order valence-electron chi connectivity index (χ1n) is 13.8. The molecule has 41 heavy (non-hydrogen) atoms. The van der Waals surface area contributed by atoms with Gasteiger partial charge in [-0.15, -0.1) is 0 Å². The van der Waals surface area contributed by atoms with Crippen LogP contribution in [0.5, 0.6) is 17.4 Å². The van der Waals surface area contributed by atoms with E-state index < -0.39 is 0 Å². The van der Waals surface area contributed by atoms with Gasteiger partial charge in [0.2, 0.25) is 11.8 Å². The maximum atomic E-state index is 6.96. The molecule has 1 aliphatic rings. The lowest BCUT2D eigenvalue weighted by molar-refractivity contribution is 0.242. The Hall–Kier alpha value is -3.47. The molecule has 0 saturated carbocycles. The molecule has 0 spiro atoms. The molecule has 11 heteroatoms. The highest BCUT2D eigenvalue weighted by atomic mass is 35.5. The van der Waals surface area contributed by atoms with Gasteiger partial charge >= 0.3 is 0 Å². The Balaban J connectivity index is 1.53. The molecule has 0 amide bonds. The molecule has 2 aromatic heterocycles. The van der Waals surface area contributed by atoms with Crippen LogP contribution >= 0.6 is 23.5 Å². The summed E-state index contributed by atoms with van der Waals surface area (Å²) in [7, 11) is 4.02. The van der Waals surface area contributed by atoms with E-state index in [4.69, 9.17) is 31.0 Å². The fraction of sp³-hybridized carbons (Fsp3) is 0.367. The number of hydrogen-bond acceptors (Lipinski definition) is 9. The molecule has 1 saturated heterocycles. The minimum absolute atomic E-state index is 0.0584. The molecule has 216 valence electrons. The van der Waals surface area contributed by atoms with E-state index in [1.807, 2.05) is 69.6 Å². The highest BCUT2D eigenvalue weighted by molar-refractivity contribution is 8.00. The number of likely N-dealkylation sites (N-methyl/N-ethyl adjacent to an activating group) is 1. The average molecular weight is 594 g/mol. The van der Waals surface area contributed by atoms with Crippen molar-refractivity contribution in [2.45, 2.75) is 38.2 Å². The van der Waals surface area contributed by atoms with Crippen molar-refractivity contribution < 1.29 is 9.47 Å². The Morgan fingerprint density at radius 1 is 1.05 bits per heavy atom. The molecule has 0 radical (unpaired) electrons. The van der Waals surface area contributed by atoms with Crippen molar-refractivity contribution in [2.75, 3.05) is 42.8 Å². The predicted molar refractivity (Wildman–Crippen MR) is 167 cm³/mol. The second kappa shape index (κ2) is 13.0. The number of ether oxygens (including phenoxy) is 2. The van der Waals surface area contributed by atoms with Gasteiger partial charge in [0, 0.05) is 50.6 Å². The molecule has 2 aromatic carbocycles. The molecule has 1 fully saturated rings. The van der Waals surface area contributed by atoms with Gasteiger partial charge in [-0.25, -0.2) is 4.98 Å². The summed E-state index contributed by atoms with van der Waals surface area (Å²) in [4.78, 5) is 15.3. The van der Waals surface area contributed by atoms with Gasteiger partial charge in [0.05, 0.1) is 28.6 Å². The lowest BCUT2D eigenvalue weighted by atomic mass is 10.0. The van der Waals surface area contributed by atoms with Gasteiger partial charge in [0.15, 0.2) is 0 Å². The standard InChI is InChI=1S/C30H36ClN7O2S/c1-6-24-28(21-9-7-10-22(17-21)39-20(2)3)33-30(35-41-23-18-32-37(5)19-23)34-29(24)40-26-12-8-11-25(27(26)31)38-15-13-36(4)14-16-38/h7-12,17-20H,6,13-16H2,1-5H3,(H,33,34,35). The van der Waals surface area contributed by atoms with Gasteiger partial charge in [-0.3, -0.25) is 9.40 Å². The van der Waals surface area contributed by atoms with E-state index in [9.17, 15) is 0 Å². The monoisotopic (exact) mass is 593 g/mol. The van der Waals surface area contributed by atoms with Crippen molar-refractivity contribution in [2.24, 2.45) is 7.05 Å². The summed E-state index contributed by atoms with van der Waals surface area (Å²) >= 11 is 8.35. The van der Waals surface area contributed by atoms with E-state index in [1.54, 1.807) is 10.9 Å². The zero-order valence-corrected chi connectivity index (χ0v) is 25.7. The van der Waals surface area contributed by atoms with Crippen molar-refractivity contribution in [3.05, 3.63) is 65.4 Å². The van der Waals surface area contributed by atoms with Crippen LogP contribution in [0.1, 0.15) is 26.3 Å². The van der Waals surface area contributed by atoms with Gasteiger partial charge < -0.3 is 19.3 Å². The summed E-state index contributed by atoms with van der Waals surface area (Å²) in [6.45, 7) is 9.89. The van der Waals surface area contributed by atoms with Crippen molar-refractivity contribution in [1.82, 2.24) is 24.6 Å². The minimum atomic E-state index is 0.0584. The van der Waals surface area contributed by atoms with Crippen molar-refractivity contribution in [3.63, 3.8) is 0 Å². The summed E-state index contributed by atoms with van der Waals surface area (Å²) in [5.74, 6) is 2.22. The van der Waals surface area contributed by atoms with Gasteiger partial charge in [0.1, 0.15) is 16.5 Å². The molecular weight excluding hydrogens is 558 g/mol. The second-order valence-electron chi connectivity index (χ2n) is 10.3. The first-order valence-corrected chi connectivity index (χ1v) is 15.0. The molecule has 1 aliphatic heterocycles. The lowest BCUT2D eigenvalue weighted by Gasteiger charge is -2.34. The van der Waals surface area contributed by atoms with Crippen LogP contribution in [0.3, 0.4) is 0 Å². The largest absolute Gasteiger partial charge is 0.491 e. The quantitative estimate of drug-likeness (QED) is 0.206. The number of rotatable bonds is 10. The molecule has 0 aliphatic carbocycles. The Morgan fingerprint density at radius 2 is 1.83 bits per heavy atom. The normalized spacial score (nSPS) is 14.0. The molecule has 1 N–H and O–H groups in total. The maximum Gasteiger partial charge on any atom is 0.237 e. The number of piperazine rings is 1. The molecule has 3 heterocycles. The number of hydrogen-bond donors (Lipinski definition) is 1. The van der Waals surface area contributed by atoms with Crippen LogP contribution in [0.4, 0.5) is 11.6 Å². The third-order valence-corrected chi connectivity index (χ3v) is 7.85. The number of benzene rings is 2. The first kappa shape index (κ1) is 29.0. The van der Waals surface area contributed by atoms with Crippen molar-refractivity contribution in [1.29, 1.82) is 0 Å². The predicted octanol–water partition coefficient (Wildman–Crippen LogP) is 6.54. The van der Waals surface area contributed by atoms with Crippen molar-refractivity contribution in [3.8, 4) is 28.6 Å². The Labute approximate surface area is 251 Å². The SMILES string of the molecule is CCc1c(Oc2cccc(N3CCN(C)CC3)c2Cl)nc(NSc2cnn(C)c2)nc1-c1cccc(OC(C)C)c1. The van der Waals surface area contributed by atoms with Gasteiger partial charge in [0.25, 0.3) is 0 Å². The number of halogens is 1. The molecule has 0 unspecified atom stereocenters. The van der Waals surface area contributed by atoms with Crippen LogP contribution in [0.15, 0.2) is 59.8 Å². The van der Waals surface area contributed by atoms with Crippen LogP contribution in [0, 0.1) is 0 Å². The van der Waals surface area contributed by atoms with E-state index in [0.29, 0.717) is 29.0 Å². The van der Waals surface area contributed by atoms with Crippen LogP contribution in [-0.2, 0) is 13.5 Å². The fourth-order valence-corrected chi connectivity index (χ4v) is 5.56. The second-order valence-corrected chi connectivity index (χ2v) is 11.5. The molecule has 0 atom stereocenters. The molecule has 4 aromatic rings. The number of aryl methyl sites for hydroxylation is 1. The number of nitrogens with zero attached hydrogens (tertiary/aromatic N) is 6. The number of aromatic nitrogens is 4. The fourth-order valence-electron chi connectivity index (χ4n) is 4.67. The summed E-state index contributed by atoms with van der Waals surface area (Å²) in [6, 6.07) is 13.9. The smallest absolute Gasteiger partial charge is 0.237 e. The molecule has 5 rings (SSSR count). The number of nitrogens with one attached hydrogen (secondary N) is 1. The van der Waals surface area contributed by atoms with E-state index in [-0.39, 0.29) is 6.10 Å². The summed E-state index contributed by atoms with van der Waals surface area (Å²) in [5, 5.41) is 4.82. The van der Waals surface area contributed by atoms with Gasteiger partial charge in [-0.2, -0.15) is 10.1 Å². The van der Waals surface area contributed by atoms with E-state index in [1.165, 1.54) is 11.9 Å². The van der Waals surface area contributed by atoms with Gasteiger partial charge in [-0.05, 0) is 63.5 Å². The van der Waals surface area contributed by atoms with Crippen LogP contribution in [-0.4, -0.2) is 64.0 Å². The Kier molecular flexibility index (Phi) is 9.22. The van der Waals surface area contributed by atoms with Crippen LogP contribution in [0.2, 0.25) is 5.02 Å². The Bertz CT molecular complexity index is 1490. The third kappa shape index (κ3) is 7.06. The lowest BCUT2D eigenvalue weighted by Crippen LogP contribution is -2.44. The van der Waals surface area contributed by atoms with Crippen molar-refractivity contribution >= 4 is 35.2 Å². The number of anilines is 2. The summed E-state index contributed by atoms with van der Waals surface area (Å²) < 4.78 is 17.5. The Morgan fingerprint density at radius 3 is 2.54 bits per heavy atom. The minimum Gasteiger partial charge on any atom is -0.491 e. The zero-order chi connectivity index (χ0) is 28.9. The molecule has 9 nitrogen and oxygen atoms in total. The van der Waals surface area contributed by atoms with E-state index in [0.717, 1.165) is 59.3 Å². The highest BCUT2D eigenvalue weighted by Gasteiger charge is 2.22. The topological polar surface area (TPSA) is 80.6 Å². The first-order chi connectivity index (χ1) is 19.8. The molecular formula is C30H36ClN7O2S. The highest BCUT2D eigenvalue weighted by Crippen LogP contribution is 2.40. The average Bonchev–Trinajstić information content (AvgIpc) is 3.38. The summed E-state index contributed by atoms with van der Waals surface area (Å²) in [5.41, 5.74) is 3.53. The maximum absolute atomic E-state index is 6.96. The molecule has 0 bridgehead atoms. The van der Waals surface area contributed by atoms with Gasteiger partial charge in [-0.1, -0.05) is 36.7 Å².